The van der Waals surface area contributed by atoms with Gasteiger partial charge in [0.25, 0.3) is 0 Å². The fourth-order valence-electron chi connectivity index (χ4n) is 4.96. The number of esters is 1. The molecule has 1 N–H and O–H groups in total. The third kappa shape index (κ3) is 3.63. The van der Waals surface area contributed by atoms with Crippen LogP contribution in [-0.2, 0) is 20.9 Å². The first-order valence-corrected chi connectivity index (χ1v) is 10.8. The van der Waals surface area contributed by atoms with Crippen molar-refractivity contribution in [3.8, 4) is 5.69 Å². The van der Waals surface area contributed by atoms with E-state index in [1.807, 2.05) is 12.1 Å². The van der Waals surface area contributed by atoms with Crippen molar-refractivity contribution in [2.75, 3.05) is 13.2 Å². The normalized spacial score (nSPS) is 26.2. The molecule has 2 fully saturated rings. The Balaban J connectivity index is 1.15. The quantitative estimate of drug-likeness (QED) is 0.732. The molecule has 2 aromatic rings. The Bertz CT molecular complexity index is 1010. The first kappa shape index (κ1) is 19.9. The maximum atomic E-state index is 13.2. The molecule has 3 aliphatic rings. The number of nitrogens with zero attached hydrogens (tertiary/aromatic N) is 5. The lowest BCUT2D eigenvalue weighted by molar-refractivity contribution is -0.138. The number of nitrogens with one attached hydrogen (secondary N) is 1. The number of amides is 1. The summed E-state index contributed by atoms with van der Waals surface area (Å²) in [5.74, 6) is -0.127. The van der Waals surface area contributed by atoms with Gasteiger partial charge in [-0.15, -0.1) is 15.0 Å². The van der Waals surface area contributed by atoms with E-state index >= 15 is 0 Å². The van der Waals surface area contributed by atoms with Crippen molar-refractivity contribution in [1.29, 1.82) is 0 Å². The van der Waals surface area contributed by atoms with Crippen LogP contribution in [0.25, 0.3) is 5.69 Å². The molecule has 31 heavy (non-hydrogen) atoms. The maximum absolute atomic E-state index is 13.2. The van der Waals surface area contributed by atoms with E-state index in [0.717, 1.165) is 50.0 Å². The van der Waals surface area contributed by atoms with Crippen LogP contribution < -0.4 is 5.32 Å². The highest BCUT2D eigenvalue weighted by Crippen LogP contribution is 2.46. The van der Waals surface area contributed by atoms with Crippen molar-refractivity contribution < 1.29 is 14.3 Å². The summed E-state index contributed by atoms with van der Waals surface area (Å²) in [6, 6.07) is 8.50. The Hall–Kier alpha value is -3.07. The van der Waals surface area contributed by atoms with Gasteiger partial charge in [0.1, 0.15) is 6.61 Å². The number of rotatable bonds is 5. The fourth-order valence-corrected chi connectivity index (χ4v) is 4.96. The molecule has 0 radical (unpaired) electrons. The number of cyclic esters (lactones) is 1. The monoisotopic (exact) mass is 422 g/mol. The van der Waals surface area contributed by atoms with Crippen LogP contribution in [0.15, 0.2) is 41.9 Å². The first-order chi connectivity index (χ1) is 15.1. The second-order valence-corrected chi connectivity index (χ2v) is 8.68. The van der Waals surface area contributed by atoms with Crippen LogP contribution in [0.2, 0.25) is 0 Å². The highest BCUT2D eigenvalue weighted by atomic mass is 16.5. The number of carbonyl (C=O) groups excluding carboxylic acids is 2. The second-order valence-electron chi connectivity index (χ2n) is 8.68. The van der Waals surface area contributed by atoms with Crippen LogP contribution in [0.5, 0.6) is 0 Å². The van der Waals surface area contributed by atoms with Crippen molar-refractivity contribution in [1.82, 2.24) is 30.4 Å². The summed E-state index contributed by atoms with van der Waals surface area (Å²) in [7, 11) is 0. The van der Waals surface area contributed by atoms with Gasteiger partial charge in [-0.3, -0.25) is 4.79 Å². The molecular formula is C22H26N6O3. The summed E-state index contributed by atoms with van der Waals surface area (Å²) in [5.41, 5.74) is 3.14. The van der Waals surface area contributed by atoms with Gasteiger partial charge in [-0.1, -0.05) is 12.1 Å². The number of aromatic nitrogens is 4. The van der Waals surface area contributed by atoms with E-state index in [1.165, 1.54) is 16.7 Å². The minimum atomic E-state index is -0.303. The van der Waals surface area contributed by atoms with Crippen LogP contribution in [-0.4, -0.2) is 56.2 Å². The fraction of sp³-hybridized carbons (Fsp3) is 0.500. The summed E-state index contributed by atoms with van der Waals surface area (Å²) < 4.78 is 5.11. The average molecular weight is 422 g/mol. The topological polar surface area (TPSA) is 102 Å². The number of benzene rings is 1. The number of ether oxygens (including phenoxy) is 1. The lowest BCUT2D eigenvalue weighted by Gasteiger charge is -2.36. The molecule has 1 amide bonds. The molecule has 0 bridgehead atoms. The summed E-state index contributed by atoms with van der Waals surface area (Å²) in [6.45, 7) is 3.45. The average Bonchev–Trinajstić information content (AvgIpc) is 3.51. The van der Waals surface area contributed by atoms with Gasteiger partial charge in [0, 0.05) is 19.1 Å². The summed E-state index contributed by atoms with van der Waals surface area (Å²) in [6.07, 6.45) is 6.01. The lowest BCUT2D eigenvalue weighted by atomic mass is 9.71. The zero-order chi connectivity index (χ0) is 21.4. The summed E-state index contributed by atoms with van der Waals surface area (Å²) in [5, 5.41) is 15.3. The van der Waals surface area contributed by atoms with Gasteiger partial charge in [-0.25, -0.2) is 4.79 Å². The Kier molecular flexibility index (Phi) is 5.05. The Morgan fingerprint density at radius 2 is 1.94 bits per heavy atom. The van der Waals surface area contributed by atoms with E-state index in [0.29, 0.717) is 18.2 Å². The molecule has 1 saturated carbocycles. The standard InChI is InChI=1S/C22H26N6O3/c1-15-19(13-31-20(15)29)27-11-10-22(21(27)30)8-6-17(7-9-22)23-12-16-2-4-18(5-3-16)28-25-14-24-26-28/h2-5,14,17,23H,6-13H2,1H3/t17-,22+. The molecule has 162 valence electrons. The number of carbonyl (C=O) groups is 2. The molecule has 9 heteroatoms. The zero-order valence-electron chi connectivity index (χ0n) is 17.6. The lowest BCUT2D eigenvalue weighted by Crippen LogP contribution is -2.42. The molecule has 1 spiro atoms. The van der Waals surface area contributed by atoms with E-state index in [-0.39, 0.29) is 23.9 Å². The van der Waals surface area contributed by atoms with Gasteiger partial charge in [-0.05, 0) is 61.9 Å². The van der Waals surface area contributed by atoms with Crippen LogP contribution in [0.3, 0.4) is 0 Å². The Morgan fingerprint density at radius 1 is 1.16 bits per heavy atom. The summed E-state index contributed by atoms with van der Waals surface area (Å²) >= 11 is 0. The highest BCUT2D eigenvalue weighted by molar-refractivity contribution is 5.94. The van der Waals surface area contributed by atoms with Crippen LogP contribution in [0.1, 0.15) is 44.6 Å². The van der Waals surface area contributed by atoms with E-state index in [2.05, 4.69) is 32.9 Å². The van der Waals surface area contributed by atoms with Crippen LogP contribution >= 0.6 is 0 Å². The smallest absolute Gasteiger partial charge is 0.336 e. The SMILES string of the molecule is CC1=C(N2CC[C@]3(CC[C@H](NCc4ccc(-n5ncnn5)cc4)CC3)C2=O)COC1=O. The summed E-state index contributed by atoms with van der Waals surface area (Å²) in [4.78, 5) is 28.2. The van der Waals surface area contributed by atoms with Gasteiger partial charge in [0.05, 0.1) is 22.4 Å². The van der Waals surface area contributed by atoms with Gasteiger partial charge < -0.3 is 15.0 Å². The van der Waals surface area contributed by atoms with E-state index in [9.17, 15) is 9.59 Å². The highest BCUT2D eigenvalue weighted by Gasteiger charge is 2.50. The largest absolute Gasteiger partial charge is 0.456 e. The Morgan fingerprint density at radius 3 is 2.58 bits per heavy atom. The molecule has 1 saturated heterocycles. The number of tetrazole rings is 1. The van der Waals surface area contributed by atoms with Gasteiger partial charge >= 0.3 is 5.97 Å². The van der Waals surface area contributed by atoms with Crippen molar-refractivity contribution in [3.63, 3.8) is 0 Å². The van der Waals surface area contributed by atoms with E-state index in [1.54, 1.807) is 11.8 Å². The third-order valence-corrected chi connectivity index (χ3v) is 6.97. The molecule has 5 rings (SSSR count). The van der Waals surface area contributed by atoms with Crippen molar-refractivity contribution in [2.45, 2.75) is 51.6 Å². The van der Waals surface area contributed by atoms with Gasteiger partial charge in [0.2, 0.25) is 5.91 Å². The molecule has 0 unspecified atom stereocenters. The predicted octanol–water partition coefficient (Wildman–Crippen LogP) is 1.74. The predicted molar refractivity (Wildman–Crippen MR) is 111 cm³/mol. The van der Waals surface area contributed by atoms with Gasteiger partial charge in [0.15, 0.2) is 6.33 Å². The van der Waals surface area contributed by atoms with Crippen LogP contribution in [0, 0.1) is 5.41 Å². The molecule has 0 atom stereocenters. The van der Waals surface area contributed by atoms with E-state index < -0.39 is 0 Å². The molecule has 1 aromatic carbocycles. The molecular weight excluding hydrogens is 396 g/mol. The van der Waals surface area contributed by atoms with Crippen molar-refractivity contribution in [2.24, 2.45) is 5.41 Å². The van der Waals surface area contributed by atoms with E-state index in [4.69, 9.17) is 4.74 Å². The minimum absolute atomic E-state index is 0.177. The second kappa shape index (κ2) is 7.88. The number of hydrogen-bond acceptors (Lipinski definition) is 7. The number of hydrogen-bond donors (Lipinski definition) is 1. The first-order valence-electron chi connectivity index (χ1n) is 10.8. The molecule has 3 heterocycles. The van der Waals surface area contributed by atoms with Gasteiger partial charge in [-0.2, -0.15) is 0 Å². The Labute approximate surface area is 180 Å². The van der Waals surface area contributed by atoms with Crippen molar-refractivity contribution in [3.05, 3.63) is 47.4 Å². The zero-order valence-corrected chi connectivity index (χ0v) is 17.6. The molecule has 1 aliphatic carbocycles. The minimum Gasteiger partial charge on any atom is -0.456 e. The molecule has 2 aliphatic heterocycles. The molecule has 9 nitrogen and oxygen atoms in total. The molecule has 1 aromatic heterocycles. The van der Waals surface area contributed by atoms with Crippen LogP contribution in [0.4, 0.5) is 0 Å². The number of likely N-dealkylation sites (tertiary alicyclic amines) is 1. The van der Waals surface area contributed by atoms with Crippen molar-refractivity contribution >= 4 is 11.9 Å². The third-order valence-electron chi connectivity index (χ3n) is 6.97. The maximum Gasteiger partial charge on any atom is 0.336 e.